The van der Waals surface area contributed by atoms with E-state index in [2.05, 4.69) is 4.98 Å². The fourth-order valence-corrected chi connectivity index (χ4v) is 1.40. The molecule has 0 fully saturated rings. The first-order valence-electron chi connectivity index (χ1n) is 4.78. The monoisotopic (exact) mass is 197 g/mol. The summed E-state index contributed by atoms with van der Waals surface area (Å²) in [6, 6.07) is 11.6. The lowest BCUT2D eigenvalue weighted by molar-refractivity contribution is 0.112. The number of nitrogens with zero attached hydrogens (tertiary/aromatic N) is 1. The molecule has 0 aliphatic heterocycles. The molecule has 2 nitrogen and oxygen atoms in total. The van der Waals surface area contributed by atoms with Crippen molar-refractivity contribution in [3.63, 3.8) is 0 Å². The predicted molar refractivity (Wildman–Crippen MR) is 59.8 cm³/mol. The second kappa shape index (κ2) is 4.05. The topological polar surface area (TPSA) is 30.0 Å². The molecule has 0 bridgehead atoms. The zero-order valence-corrected chi connectivity index (χ0v) is 8.47. The molecular formula is C13H11NO. The summed E-state index contributed by atoms with van der Waals surface area (Å²) >= 11 is 0. The third kappa shape index (κ3) is 2.10. The summed E-state index contributed by atoms with van der Waals surface area (Å²) in [5, 5.41) is 0. The van der Waals surface area contributed by atoms with Crippen LogP contribution in [0.3, 0.4) is 0 Å². The normalized spacial score (nSPS) is 9.93. The number of rotatable bonds is 2. The van der Waals surface area contributed by atoms with Crippen LogP contribution in [0, 0.1) is 6.92 Å². The molecule has 0 amide bonds. The first-order valence-corrected chi connectivity index (χ1v) is 4.78. The summed E-state index contributed by atoms with van der Waals surface area (Å²) in [5.41, 5.74) is 3.73. The lowest BCUT2D eigenvalue weighted by Gasteiger charge is -2.01. The third-order valence-corrected chi connectivity index (χ3v) is 2.27. The Labute approximate surface area is 88.6 Å². The molecule has 15 heavy (non-hydrogen) atoms. The van der Waals surface area contributed by atoms with E-state index < -0.39 is 0 Å². The number of aldehydes is 1. The maximum atomic E-state index is 10.6. The number of hydrogen-bond acceptors (Lipinski definition) is 2. The Morgan fingerprint density at radius 1 is 1.13 bits per heavy atom. The largest absolute Gasteiger partial charge is 0.298 e. The van der Waals surface area contributed by atoms with Crippen LogP contribution in [-0.2, 0) is 0 Å². The van der Waals surface area contributed by atoms with Crippen molar-refractivity contribution >= 4 is 6.29 Å². The second-order valence-electron chi connectivity index (χ2n) is 3.46. The number of aryl methyl sites for hydroxylation is 1. The van der Waals surface area contributed by atoms with Gasteiger partial charge in [0.25, 0.3) is 0 Å². The Hall–Kier alpha value is -1.96. The van der Waals surface area contributed by atoms with Crippen molar-refractivity contribution in [2.24, 2.45) is 0 Å². The smallest absolute Gasteiger partial charge is 0.150 e. The minimum absolute atomic E-state index is 0.653. The Balaban J connectivity index is 2.44. The van der Waals surface area contributed by atoms with Crippen molar-refractivity contribution in [3.8, 4) is 11.3 Å². The Morgan fingerprint density at radius 3 is 2.53 bits per heavy atom. The van der Waals surface area contributed by atoms with Gasteiger partial charge in [0.2, 0.25) is 0 Å². The Morgan fingerprint density at radius 2 is 1.87 bits per heavy atom. The standard InChI is InChI=1S/C13H11NO/c1-10-2-4-12(5-3-10)13-8-11(9-15)6-7-14-13/h2-9H,1H3. The molecule has 1 aromatic heterocycles. The minimum atomic E-state index is 0.653. The molecule has 0 saturated heterocycles. The third-order valence-electron chi connectivity index (χ3n) is 2.27. The quantitative estimate of drug-likeness (QED) is 0.693. The van der Waals surface area contributed by atoms with Crippen LogP contribution in [0.2, 0.25) is 0 Å². The van der Waals surface area contributed by atoms with Gasteiger partial charge in [0, 0.05) is 17.3 Å². The van der Waals surface area contributed by atoms with E-state index in [1.165, 1.54) is 5.56 Å². The zero-order chi connectivity index (χ0) is 10.7. The van der Waals surface area contributed by atoms with E-state index in [9.17, 15) is 4.79 Å². The summed E-state index contributed by atoms with van der Waals surface area (Å²) in [7, 11) is 0. The fraction of sp³-hybridized carbons (Fsp3) is 0.0769. The highest BCUT2D eigenvalue weighted by Gasteiger charge is 1.99. The minimum Gasteiger partial charge on any atom is -0.298 e. The molecule has 2 heteroatoms. The van der Waals surface area contributed by atoms with E-state index >= 15 is 0 Å². The average Bonchev–Trinajstić information content (AvgIpc) is 2.30. The van der Waals surface area contributed by atoms with E-state index in [4.69, 9.17) is 0 Å². The van der Waals surface area contributed by atoms with Gasteiger partial charge in [0.1, 0.15) is 6.29 Å². The lowest BCUT2D eigenvalue weighted by atomic mass is 10.1. The van der Waals surface area contributed by atoms with Gasteiger partial charge in [0.05, 0.1) is 5.69 Å². The van der Waals surface area contributed by atoms with Crippen molar-refractivity contribution in [2.75, 3.05) is 0 Å². The molecule has 1 aromatic carbocycles. The predicted octanol–water partition coefficient (Wildman–Crippen LogP) is 2.87. The van der Waals surface area contributed by atoms with E-state index in [1.807, 2.05) is 31.2 Å². The van der Waals surface area contributed by atoms with Crippen LogP contribution in [0.25, 0.3) is 11.3 Å². The van der Waals surface area contributed by atoms with Crippen molar-refractivity contribution in [2.45, 2.75) is 6.92 Å². The molecule has 0 spiro atoms. The zero-order valence-electron chi connectivity index (χ0n) is 8.47. The highest BCUT2D eigenvalue weighted by molar-refractivity contribution is 5.77. The van der Waals surface area contributed by atoms with Gasteiger partial charge in [-0.1, -0.05) is 29.8 Å². The first-order chi connectivity index (χ1) is 7.29. The number of pyridine rings is 1. The Kier molecular flexibility index (Phi) is 2.59. The van der Waals surface area contributed by atoms with Crippen molar-refractivity contribution in [1.29, 1.82) is 0 Å². The SMILES string of the molecule is Cc1ccc(-c2cc(C=O)ccn2)cc1. The van der Waals surface area contributed by atoms with Crippen LogP contribution in [-0.4, -0.2) is 11.3 Å². The van der Waals surface area contributed by atoms with Crippen LogP contribution >= 0.6 is 0 Å². The molecule has 0 N–H and O–H groups in total. The van der Waals surface area contributed by atoms with Gasteiger partial charge in [0.15, 0.2) is 0 Å². The van der Waals surface area contributed by atoms with Crippen LogP contribution in [0.1, 0.15) is 15.9 Å². The van der Waals surface area contributed by atoms with Gasteiger partial charge in [-0.2, -0.15) is 0 Å². The van der Waals surface area contributed by atoms with Crippen molar-refractivity contribution in [3.05, 3.63) is 53.7 Å². The molecule has 0 aliphatic rings. The highest BCUT2D eigenvalue weighted by atomic mass is 16.1. The summed E-state index contributed by atoms with van der Waals surface area (Å²) in [4.78, 5) is 14.8. The summed E-state index contributed by atoms with van der Waals surface area (Å²) < 4.78 is 0. The highest BCUT2D eigenvalue weighted by Crippen LogP contribution is 2.17. The van der Waals surface area contributed by atoms with E-state index in [0.717, 1.165) is 17.5 Å². The molecule has 2 aromatic rings. The number of carbonyl (C=O) groups is 1. The maximum Gasteiger partial charge on any atom is 0.150 e. The Bertz CT molecular complexity index is 474. The molecule has 0 aliphatic carbocycles. The van der Waals surface area contributed by atoms with Gasteiger partial charge in [-0.25, -0.2) is 0 Å². The number of carbonyl (C=O) groups excluding carboxylic acids is 1. The molecule has 0 radical (unpaired) electrons. The van der Waals surface area contributed by atoms with Crippen LogP contribution in [0.4, 0.5) is 0 Å². The van der Waals surface area contributed by atoms with Crippen LogP contribution in [0.5, 0.6) is 0 Å². The number of benzene rings is 1. The van der Waals surface area contributed by atoms with Gasteiger partial charge in [-0.3, -0.25) is 9.78 Å². The second-order valence-corrected chi connectivity index (χ2v) is 3.46. The summed E-state index contributed by atoms with van der Waals surface area (Å²) in [5.74, 6) is 0. The van der Waals surface area contributed by atoms with Crippen LogP contribution < -0.4 is 0 Å². The molecule has 0 atom stereocenters. The molecular weight excluding hydrogens is 186 g/mol. The van der Waals surface area contributed by atoms with Crippen molar-refractivity contribution < 1.29 is 4.79 Å². The van der Waals surface area contributed by atoms with E-state index in [-0.39, 0.29) is 0 Å². The lowest BCUT2D eigenvalue weighted by Crippen LogP contribution is -1.86. The van der Waals surface area contributed by atoms with Crippen molar-refractivity contribution in [1.82, 2.24) is 4.98 Å². The molecule has 0 unspecified atom stereocenters. The summed E-state index contributed by atoms with van der Waals surface area (Å²) in [6.45, 7) is 2.04. The number of hydrogen-bond donors (Lipinski definition) is 0. The summed E-state index contributed by atoms with van der Waals surface area (Å²) in [6.07, 6.45) is 2.48. The average molecular weight is 197 g/mol. The molecule has 1 heterocycles. The van der Waals surface area contributed by atoms with Gasteiger partial charge in [-0.15, -0.1) is 0 Å². The number of aromatic nitrogens is 1. The maximum absolute atomic E-state index is 10.6. The van der Waals surface area contributed by atoms with Gasteiger partial charge in [-0.05, 0) is 19.1 Å². The van der Waals surface area contributed by atoms with E-state index in [0.29, 0.717) is 5.56 Å². The first kappa shape index (κ1) is 9.59. The van der Waals surface area contributed by atoms with Crippen LogP contribution in [0.15, 0.2) is 42.6 Å². The van der Waals surface area contributed by atoms with Gasteiger partial charge >= 0.3 is 0 Å². The van der Waals surface area contributed by atoms with E-state index in [1.54, 1.807) is 18.3 Å². The van der Waals surface area contributed by atoms with Gasteiger partial charge < -0.3 is 0 Å². The molecule has 2 rings (SSSR count). The molecule has 0 saturated carbocycles. The fourth-order valence-electron chi connectivity index (χ4n) is 1.40. The molecule has 74 valence electrons.